The number of aromatic amines is 2. The summed E-state index contributed by atoms with van der Waals surface area (Å²) in [5, 5.41) is 6.81. The minimum Gasteiger partial charge on any atom is -0.452 e. The SMILES string of the molecule is COO/C=N\N(C(=O)N1CCC[C@H]1c1ncc(-c2ccc(-c3ccc(-c4cnc([C@@H]5CCCN5C(=O)N(NC(=O)OC)C(C)C)[nH]4)cc3)cc2)[nH]1)C(C)C.S.S. The molecule has 2 aromatic heterocycles. The van der Waals surface area contributed by atoms with Gasteiger partial charge in [0.25, 0.3) is 0 Å². The van der Waals surface area contributed by atoms with E-state index in [0.717, 1.165) is 71.6 Å². The molecule has 3 N–H and O–H groups in total. The van der Waals surface area contributed by atoms with Crippen molar-refractivity contribution in [2.45, 2.75) is 77.5 Å². The molecule has 0 radical (unpaired) electrons. The molecule has 302 valence electrons. The molecular formula is C38H52N10O6S2. The Morgan fingerprint density at radius 2 is 1.23 bits per heavy atom. The second-order valence-corrected chi connectivity index (χ2v) is 13.8. The number of imidazole rings is 2. The first-order valence-corrected chi connectivity index (χ1v) is 18.2. The van der Waals surface area contributed by atoms with Crippen LogP contribution in [0.3, 0.4) is 0 Å². The zero-order chi connectivity index (χ0) is 38.4. The van der Waals surface area contributed by atoms with Crippen molar-refractivity contribution < 1.29 is 28.9 Å². The van der Waals surface area contributed by atoms with Crippen LogP contribution in [0.5, 0.6) is 0 Å². The summed E-state index contributed by atoms with van der Waals surface area (Å²) in [6.07, 6.45) is 7.25. The lowest BCUT2D eigenvalue weighted by Crippen LogP contribution is -2.54. The fraction of sp³-hybridized carbons (Fsp3) is 0.421. The third-order valence-corrected chi connectivity index (χ3v) is 9.66. The maximum absolute atomic E-state index is 13.4. The van der Waals surface area contributed by atoms with Crippen LogP contribution in [-0.4, -0.2) is 104 Å². The number of carbonyl (C=O) groups is 3. The molecule has 2 atom stereocenters. The highest BCUT2D eigenvalue weighted by Crippen LogP contribution is 2.35. The van der Waals surface area contributed by atoms with E-state index in [1.165, 1.54) is 24.2 Å². The first-order chi connectivity index (χ1) is 26.1. The maximum atomic E-state index is 13.4. The van der Waals surface area contributed by atoms with E-state index in [9.17, 15) is 14.4 Å². The molecule has 0 saturated carbocycles. The van der Waals surface area contributed by atoms with Crippen molar-refractivity contribution in [1.82, 2.24) is 45.2 Å². The fourth-order valence-corrected chi connectivity index (χ4v) is 6.88. The number of aromatic nitrogens is 4. The Bertz CT molecular complexity index is 1940. The maximum Gasteiger partial charge on any atom is 0.425 e. The van der Waals surface area contributed by atoms with E-state index in [4.69, 9.17) is 9.62 Å². The predicted molar refractivity (Wildman–Crippen MR) is 222 cm³/mol. The van der Waals surface area contributed by atoms with E-state index in [0.29, 0.717) is 18.9 Å². The number of hydrogen-bond acceptors (Lipinski definition) is 9. The van der Waals surface area contributed by atoms with Gasteiger partial charge in [0, 0.05) is 19.1 Å². The number of hydrazine groups is 1. The average Bonchev–Trinajstić information content (AvgIpc) is 4.02. The lowest BCUT2D eigenvalue weighted by Gasteiger charge is -2.33. The van der Waals surface area contributed by atoms with E-state index in [1.54, 1.807) is 16.0 Å². The minimum absolute atomic E-state index is 0. The van der Waals surface area contributed by atoms with E-state index in [-0.39, 0.29) is 63.2 Å². The number of benzene rings is 2. The summed E-state index contributed by atoms with van der Waals surface area (Å²) in [5.41, 5.74) is 8.32. The molecule has 18 heteroatoms. The van der Waals surface area contributed by atoms with Gasteiger partial charge in [0.1, 0.15) is 11.6 Å². The van der Waals surface area contributed by atoms with Crippen LogP contribution in [0.15, 0.2) is 66.0 Å². The lowest BCUT2D eigenvalue weighted by molar-refractivity contribution is -0.188. The standard InChI is InChI=1S/C38H48N10O6.2H2S/c1-24(2)47(41-23-54-53-6)37(50)45-19-7-9-32(45)34-39-21-30(42-34)28-15-11-26(12-16-28)27-13-17-29(18-14-27)31-22-40-35(43-31)33-10-8-20-46(33)38(51)48(25(3)4)44-36(49)52-5;;/h11-18,21-25,32-33H,7-10,19-20H2,1-6H3,(H,39,42)(H,40,43)(H,44,49);2*1H2/b41-23-;;/t32-,33-;;/m0../s1. The van der Waals surface area contributed by atoms with E-state index < -0.39 is 6.09 Å². The van der Waals surface area contributed by atoms with E-state index >= 15 is 0 Å². The van der Waals surface area contributed by atoms with Crippen molar-refractivity contribution in [3.8, 4) is 33.6 Å². The van der Waals surface area contributed by atoms with Crippen molar-refractivity contribution in [3.63, 3.8) is 0 Å². The van der Waals surface area contributed by atoms with Crippen LogP contribution >= 0.6 is 27.0 Å². The Morgan fingerprint density at radius 3 is 1.66 bits per heavy atom. The summed E-state index contributed by atoms with van der Waals surface area (Å²) in [4.78, 5) is 67.8. The Balaban J connectivity index is 0.00000348. The van der Waals surface area contributed by atoms with Gasteiger partial charge in [-0.1, -0.05) is 48.5 Å². The second kappa shape index (κ2) is 19.6. The van der Waals surface area contributed by atoms with Gasteiger partial charge in [-0.3, -0.25) is 0 Å². The molecule has 5 amide bonds. The number of hydrogen-bond donors (Lipinski definition) is 3. The Hall–Kier alpha value is -5.20. The van der Waals surface area contributed by atoms with Crippen LogP contribution in [0.25, 0.3) is 33.6 Å². The van der Waals surface area contributed by atoms with Crippen LogP contribution < -0.4 is 5.43 Å². The first kappa shape index (κ1) is 43.5. The summed E-state index contributed by atoms with van der Waals surface area (Å²) in [6, 6.07) is 15.1. The van der Waals surface area contributed by atoms with Crippen molar-refractivity contribution in [1.29, 1.82) is 0 Å². The van der Waals surface area contributed by atoms with E-state index in [2.05, 4.69) is 71.7 Å². The van der Waals surface area contributed by atoms with Crippen LogP contribution in [0.1, 0.15) is 77.1 Å². The number of rotatable bonds is 10. The van der Waals surface area contributed by atoms with Crippen molar-refractivity contribution in [2.75, 3.05) is 27.3 Å². The van der Waals surface area contributed by atoms with Crippen LogP contribution in [0.2, 0.25) is 0 Å². The molecule has 2 aliphatic rings. The number of methoxy groups -OCH3 is 1. The second-order valence-electron chi connectivity index (χ2n) is 13.8. The number of hydrazone groups is 1. The number of nitrogens with zero attached hydrogens (tertiary/aromatic N) is 7. The largest absolute Gasteiger partial charge is 0.452 e. The number of nitrogens with one attached hydrogen (secondary N) is 3. The van der Waals surface area contributed by atoms with Gasteiger partial charge in [-0.15, -0.1) is 5.10 Å². The molecule has 2 aliphatic heterocycles. The number of likely N-dealkylation sites (tertiary alicyclic amines) is 2. The van der Waals surface area contributed by atoms with Gasteiger partial charge in [0.2, 0.25) is 6.40 Å². The van der Waals surface area contributed by atoms with Gasteiger partial charge in [0.05, 0.1) is 56.1 Å². The topological polar surface area (TPSA) is 174 Å². The zero-order valence-electron chi connectivity index (χ0n) is 32.5. The molecule has 0 spiro atoms. The highest BCUT2D eigenvalue weighted by atomic mass is 32.1. The fourth-order valence-electron chi connectivity index (χ4n) is 6.88. The number of ether oxygens (including phenoxy) is 1. The molecule has 0 bridgehead atoms. The molecule has 56 heavy (non-hydrogen) atoms. The molecule has 4 heterocycles. The normalized spacial score (nSPS) is 16.5. The zero-order valence-corrected chi connectivity index (χ0v) is 34.5. The predicted octanol–water partition coefficient (Wildman–Crippen LogP) is 7.09. The Morgan fingerprint density at radius 1 is 0.768 bits per heavy atom. The molecule has 2 aromatic carbocycles. The number of urea groups is 2. The number of carbonyl (C=O) groups excluding carboxylic acids is 3. The lowest BCUT2D eigenvalue weighted by atomic mass is 10.0. The number of amides is 5. The quantitative estimate of drug-likeness (QED) is 0.0660. The molecule has 2 saturated heterocycles. The molecular weight excluding hydrogens is 757 g/mol. The van der Waals surface area contributed by atoms with E-state index in [1.807, 2.05) is 46.0 Å². The molecule has 4 aromatic rings. The summed E-state index contributed by atoms with van der Waals surface area (Å²) < 4.78 is 4.71. The molecule has 16 nitrogen and oxygen atoms in total. The minimum atomic E-state index is -0.697. The van der Waals surface area contributed by atoms with Crippen molar-refractivity contribution in [3.05, 3.63) is 72.6 Å². The van der Waals surface area contributed by atoms with Crippen LogP contribution in [-0.2, 0) is 14.5 Å². The summed E-state index contributed by atoms with van der Waals surface area (Å²) in [7, 11) is 2.64. The smallest absolute Gasteiger partial charge is 0.425 e. The Kier molecular flexibility index (Phi) is 15.2. The van der Waals surface area contributed by atoms with Crippen molar-refractivity contribution in [2.24, 2.45) is 5.10 Å². The van der Waals surface area contributed by atoms with Crippen LogP contribution in [0.4, 0.5) is 14.4 Å². The molecule has 2 fully saturated rings. The molecule has 0 aliphatic carbocycles. The molecule has 0 unspecified atom stereocenters. The van der Waals surface area contributed by atoms with Gasteiger partial charge in [-0.25, -0.2) is 39.8 Å². The third kappa shape index (κ3) is 9.59. The van der Waals surface area contributed by atoms with Crippen LogP contribution in [0, 0.1) is 0 Å². The summed E-state index contributed by atoms with van der Waals surface area (Å²) in [5.74, 6) is 1.44. The highest BCUT2D eigenvalue weighted by Gasteiger charge is 2.37. The van der Waals surface area contributed by atoms with Gasteiger partial charge >= 0.3 is 18.2 Å². The highest BCUT2D eigenvalue weighted by molar-refractivity contribution is 7.59. The molecule has 6 rings (SSSR count). The van der Waals surface area contributed by atoms with Gasteiger partial charge in [-0.05, 0) is 75.6 Å². The van der Waals surface area contributed by atoms with Gasteiger partial charge < -0.3 is 29.4 Å². The number of H-pyrrole nitrogens is 2. The first-order valence-electron chi connectivity index (χ1n) is 18.2. The summed E-state index contributed by atoms with van der Waals surface area (Å²) in [6.45, 7) is 8.59. The third-order valence-electron chi connectivity index (χ3n) is 9.66. The Labute approximate surface area is 340 Å². The summed E-state index contributed by atoms with van der Waals surface area (Å²) >= 11 is 0. The van der Waals surface area contributed by atoms with Gasteiger partial charge in [0.15, 0.2) is 0 Å². The van der Waals surface area contributed by atoms with Gasteiger partial charge in [-0.2, -0.15) is 31.9 Å². The van der Waals surface area contributed by atoms with Crippen molar-refractivity contribution >= 4 is 51.5 Å². The average molecular weight is 809 g/mol. The monoisotopic (exact) mass is 808 g/mol.